The van der Waals surface area contributed by atoms with Crippen LogP contribution < -0.4 is 11.5 Å². The first-order chi connectivity index (χ1) is 7.15. The molecule has 4 nitrogen and oxygen atoms in total. The molecule has 0 saturated carbocycles. The second-order valence-corrected chi connectivity index (χ2v) is 3.14. The van der Waals surface area contributed by atoms with Gasteiger partial charge in [0.1, 0.15) is 0 Å². The van der Waals surface area contributed by atoms with Crippen molar-refractivity contribution in [2.24, 2.45) is 11.5 Å². The van der Waals surface area contributed by atoms with Crippen LogP contribution in [0.3, 0.4) is 0 Å². The van der Waals surface area contributed by atoms with Crippen LogP contribution in [0.5, 0.6) is 0 Å². The van der Waals surface area contributed by atoms with Crippen LogP contribution in [0.25, 0.3) is 6.08 Å². The van der Waals surface area contributed by atoms with Crippen molar-refractivity contribution in [2.45, 2.75) is 6.04 Å². The molecule has 1 aromatic rings. The van der Waals surface area contributed by atoms with E-state index < -0.39 is 5.97 Å². The van der Waals surface area contributed by atoms with E-state index in [2.05, 4.69) is 0 Å². The highest BCUT2D eigenvalue weighted by Gasteiger charge is 2.06. The van der Waals surface area contributed by atoms with Gasteiger partial charge in [0.15, 0.2) is 0 Å². The molecule has 0 aliphatic rings. The van der Waals surface area contributed by atoms with E-state index in [9.17, 15) is 4.79 Å². The molecule has 0 aliphatic carbocycles. The molecule has 4 heteroatoms. The maximum absolute atomic E-state index is 10.4. The Morgan fingerprint density at radius 2 is 2.13 bits per heavy atom. The van der Waals surface area contributed by atoms with E-state index in [1.807, 2.05) is 24.3 Å². The molecular formula is C11H14N2O2. The summed E-state index contributed by atoms with van der Waals surface area (Å²) < 4.78 is 0. The van der Waals surface area contributed by atoms with Crippen LogP contribution >= 0.6 is 0 Å². The molecule has 1 rings (SSSR count). The number of carboxylic acids is 1. The van der Waals surface area contributed by atoms with Gasteiger partial charge in [-0.2, -0.15) is 0 Å². The van der Waals surface area contributed by atoms with E-state index in [1.165, 1.54) is 6.08 Å². The van der Waals surface area contributed by atoms with E-state index >= 15 is 0 Å². The lowest BCUT2D eigenvalue weighted by molar-refractivity contribution is -0.131. The summed E-state index contributed by atoms with van der Waals surface area (Å²) in [6.07, 6.45) is 2.61. The predicted molar refractivity (Wildman–Crippen MR) is 59.1 cm³/mol. The average Bonchev–Trinajstić information content (AvgIpc) is 2.25. The van der Waals surface area contributed by atoms with Gasteiger partial charge in [0.25, 0.3) is 0 Å². The molecule has 0 spiro atoms. The summed E-state index contributed by atoms with van der Waals surface area (Å²) in [7, 11) is 0. The Kier molecular flexibility index (Phi) is 4.03. The van der Waals surface area contributed by atoms with Gasteiger partial charge in [0, 0.05) is 18.7 Å². The lowest BCUT2D eigenvalue weighted by Crippen LogP contribution is -2.21. The zero-order chi connectivity index (χ0) is 11.3. The zero-order valence-electron chi connectivity index (χ0n) is 8.26. The van der Waals surface area contributed by atoms with Crippen molar-refractivity contribution in [1.29, 1.82) is 0 Å². The third-order valence-electron chi connectivity index (χ3n) is 2.05. The van der Waals surface area contributed by atoms with Crippen LogP contribution in [0.4, 0.5) is 0 Å². The van der Waals surface area contributed by atoms with Crippen molar-refractivity contribution < 1.29 is 9.90 Å². The third kappa shape index (κ3) is 3.19. The van der Waals surface area contributed by atoms with E-state index in [0.29, 0.717) is 6.54 Å². The maximum Gasteiger partial charge on any atom is 0.328 e. The fraction of sp³-hybridized carbons (Fsp3) is 0.182. The Morgan fingerprint density at radius 1 is 1.47 bits per heavy atom. The van der Waals surface area contributed by atoms with Crippen LogP contribution in [0.1, 0.15) is 17.2 Å². The molecular weight excluding hydrogens is 192 g/mol. The largest absolute Gasteiger partial charge is 0.478 e. The van der Waals surface area contributed by atoms with E-state index in [-0.39, 0.29) is 6.04 Å². The molecule has 0 amide bonds. The lowest BCUT2D eigenvalue weighted by atomic mass is 10.0. The van der Waals surface area contributed by atoms with Crippen LogP contribution in [0.2, 0.25) is 0 Å². The summed E-state index contributed by atoms with van der Waals surface area (Å²) in [4.78, 5) is 10.4. The molecule has 0 heterocycles. The van der Waals surface area contributed by atoms with Crippen LogP contribution in [0.15, 0.2) is 30.3 Å². The third-order valence-corrected chi connectivity index (χ3v) is 2.05. The first-order valence-corrected chi connectivity index (χ1v) is 4.60. The zero-order valence-corrected chi connectivity index (χ0v) is 8.26. The number of carbonyl (C=O) groups is 1. The Morgan fingerprint density at radius 3 is 2.73 bits per heavy atom. The van der Waals surface area contributed by atoms with E-state index in [0.717, 1.165) is 17.2 Å². The summed E-state index contributed by atoms with van der Waals surface area (Å²) in [5.41, 5.74) is 12.9. The molecule has 80 valence electrons. The molecule has 15 heavy (non-hydrogen) atoms. The summed E-state index contributed by atoms with van der Waals surface area (Å²) >= 11 is 0. The van der Waals surface area contributed by atoms with E-state index in [4.69, 9.17) is 16.6 Å². The number of benzene rings is 1. The second-order valence-electron chi connectivity index (χ2n) is 3.14. The van der Waals surface area contributed by atoms with Crippen LogP contribution in [-0.4, -0.2) is 17.6 Å². The molecule has 0 unspecified atom stereocenters. The van der Waals surface area contributed by atoms with Gasteiger partial charge in [-0.1, -0.05) is 24.3 Å². The highest BCUT2D eigenvalue weighted by atomic mass is 16.4. The standard InChI is InChI=1S/C11H14N2O2/c12-7-10(13)9-4-2-1-3-8(9)5-6-11(14)15/h1-6,10H,7,12-13H2,(H,14,15)/b6-5+/t10-/m1/s1. The molecule has 0 aromatic heterocycles. The van der Waals surface area contributed by atoms with Gasteiger partial charge in [-0.25, -0.2) is 4.79 Å². The summed E-state index contributed by atoms with van der Waals surface area (Å²) in [5, 5.41) is 8.52. The topological polar surface area (TPSA) is 89.3 Å². The minimum absolute atomic E-state index is 0.264. The van der Waals surface area contributed by atoms with Gasteiger partial charge in [-0.15, -0.1) is 0 Å². The van der Waals surface area contributed by atoms with Gasteiger partial charge in [-0.3, -0.25) is 0 Å². The smallest absolute Gasteiger partial charge is 0.328 e. The highest BCUT2D eigenvalue weighted by Crippen LogP contribution is 2.16. The first-order valence-electron chi connectivity index (χ1n) is 4.60. The normalized spacial score (nSPS) is 12.9. The van der Waals surface area contributed by atoms with Crippen molar-refractivity contribution >= 4 is 12.0 Å². The first kappa shape index (κ1) is 11.4. The van der Waals surface area contributed by atoms with Gasteiger partial charge in [0.2, 0.25) is 0 Å². The van der Waals surface area contributed by atoms with Crippen molar-refractivity contribution in [1.82, 2.24) is 0 Å². The Balaban J connectivity index is 3.01. The van der Waals surface area contributed by atoms with Crippen molar-refractivity contribution in [3.8, 4) is 0 Å². The number of hydrogen-bond acceptors (Lipinski definition) is 3. The number of hydrogen-bond donors (Lipinski definition) is 3. The molecule has 5 N–H and O–H groups in total. The summed E-state index contributed by atoms with van der Waals surface area (Å²) in [6, 6.07) is 7.07. The molecule has 0 bridgehead atoms. The summed E-state index contributed by atoms with van der Waals surface area (Å²) in [6.45, 7) is 0.331. The molecule has 0 radical (unpaired) electrons. The van der Waals surface area contributed by atoms with Crippen molar-refractivity contribution in [3.63, 3.8) is 0 Å². The Labute approximate surface area is 88.2 Å². The average molecular weight is 206 g/mol. The van der Waals surface area contributed by atoms with Gasteiger partial charge in [-0.05, 0) is 17.2 Å². The number of nitrogens with two attached hydrogens (primary N) is 2. The van der Waals surface area contributed by atoms with Gasteiger partial charge in [0.05, 0.1) is 0 Å². The lowest BCUT2D eigenvalue weighted by Gasteiger charge is -2.11. The molecule has 0 saturated heterocycles. The SMILES string of the molecule is NC[C@@H](N)c1ccccc1/C=C/C(=O)O. The molecule has 0 aliphatic heterocycles. The van der Waals surface area contributed by atoms with Gasteiger partial charge >= 0.3 is 5.97 Å². The summed E-state index contributed by atoms with van der Waals surface area (Å²) in [5.74, 6) is -0.980. The quantitative estimate of drug-likeness (QED) is 0.634. The number of carboxylic acid groups (broad SMARTS) is 1. The monoisotopic (exact) mass is 206 g/mol. The Hall–Kier alpha value is -1.65. The van der Waals surface area contributed by atoms with Crippen molar-refractivity contribution in [3.05, 3.63) is 41.5 Å². The van der Waals surface area contributed by atoms with Crippen LogP contribution in [0, 0.1) is 0 Å². The minimum Gasteiger partial charge on any atom is -0.478 e. The van der Waals surface area contributed by atoms with Crippen LogP contribution in [-0.2, 0) is 4.79 Å². The highest BCUT2D eigenvalue weighted by molar-refractivity contribution is 5.85. The number of rotatable bonds is 4. The van der Waals surface area contributed by atoms with Gasteiger partial charge < -0.3 is 16.6 Å². The molecule has 1 atom stereocenters. The molecule has 0 fully saturated rings. The molecule has 1 aromatic carbocycles. The second kappa shape index (κ2) is 5.29. The minimum atomic E-state index is -0.980. The Bertz CT molecular complexity index is 375. The van der Waals surface area contributed by atoms with Crippen molar-refractivity contribution in [2.75, 3.05) is 6.54 Å². The fourth-order valence-corrected chi connectivity index (χ4v) is 1.29. The fourth-order valence-electron chi connectivity index (χ4n) is 1.29. The van der Waals surface area contributed by atoms with E-state index in [1.54, 1.807) is 0 Å². The maximum atomic E-state index is 10.4. The predicted octanol–water partition coefficient (Wildman–Crippen LogP) is 0.743. The number of aliphatic carboxylic acids is 1.